The zero-order valence-electron chi connectivity index (χ0n) is 19.6. The van der Waals surface area contributed by atoms with Crippen LogP contribution in [-0.4, -0.2) is 62.3 Å². The van der Waals surface area contributed by atoms with Crippen LogP contribution in [0.4, 0.5) is 24.8 Å². The van der Waals surface area contributed by atoms with E-state index >= 15 is 0 Å². The second-order valence-electron chi connectivity index (χ2n) is 7.95. The minimum atomic E-state index is -4.46. The summed E-state index contributed by atoms with van der Waals surface area (Å²) < 4.78 is 67.0. The molecule has 0 aliphatic carbocycles. The van der Waals surface area contributed by atoms with Crippen molar-refractivity contribution in [2.24, 2.45) is 4.40 Å². The third-order valence-corrected chi connectivity index (χ3v) is 6.31. The molecule has 3 rings (SSSR count). The molecule has 0 unspecified atom stereocenters. The van der Waals surface area contributed by atoms with E-state index in [1.165, 1.54) is 35.5 Å². The molecular formula is C23H22ClF3N6O3S. The molecule has 0 saturated carbocycles. The number of alkyl halides is 3. The molecule has 0 aliphatic rings. The van der Waals surface area contributed by atoms with Crippen LogP contribution in [0, 0.1) is 0 Å². The van der Waals surface area contributed by atoms with Crippen LogP contribution in [0.15, 0.2) is 64.2 Å². The van der Waals surface area contributed by atoms with Gasteiger partial charge in [0.05, 0.1) is 11.3 Å². The van der Waals surface area contributed by atoms with Gasteiger partial charge in [0, 0.05) is 48.3 Å². The van der Waals surface area contributed by atoms with Gasteiger partial charge in [0.25, 0.3) is 10.0 Å². The molecule has 2 aromatic carbocycles. The first-order valence-corrected chi connectivity index (χ1v) is 12.4. The van der Waals surface area contributed by atoms with Crippen LogP contribution < -0.4 is 10.6 Å². The highest BCUT2D eigenvalue weighted by molar-refractivity contribution is 7.90. The molecule has 37 heavy (non-hydrogen) atoms. The van der Waals surface area contributed by atoms with Crippen molar-refractivity contribution in [3.05, 3.63) is 65.4 Å². The highest BCUT2D eigenvalue weighted by atomic mass is 35.5. The summed E-state index contributed by atoms with van der Waals surface area (Å²) in [5.74, 6) is -0.705. The first-order chi connectivity index (χ1) is 17.3. The molecule has 0 bridgehead atoms. The molecule has 0 aliphatic heterocycles. The van der Waals surface area contributed by atoms with Crippen molar-refractivity contribution in [2.75, 3.05) is 31.3 Å². The molecule has 1 heterocycles. The zero-order chi connectivity index (χ0) is 27.2. The van der Waals surface area contributed by atoms with E-state index in [2.05, 4.69) is 19.7 Å². The lowest BCUT2D eigenvalue weighted by Crippen LogP contribution is -2.22. The quantitative estimate of drug-likeness (QED) is 0.300. The number of hydrogen-bond donors (Lipinski definition) is 2. The smallest absolute Gasteiger partial charge is 0.368 e. The maximum atomic E-state index is 13.1. The van der Waals surface area contributed by atoms with Crippen molar-refractivity contribution < 1.29 is 26.4 Å². The number of benzene rings is 2. The summed E-state index contributed by atoms with van der Waals surface area (Å²) in [7, 11) is -1.08. The fraction of sp³-hybridized carbons (Fsp3) is 0.217. The third-order valence-electron chi connectivity index (χ3n) is 4.68. The second kappa shape index (κ2) is 11.6. The Hall–Kier alpha value is -3.71. The number of amides is 1. The summed E-state index contributed by atoms with van der Waals surface area (Å²) in [4.78, 5) is 21.4. The Morgan fingerprint density at radius 1 is 1.14 bits per heavy atom. The number of aromatic nitrogens is 2. The monoisotopic (exact) mass is 554 g/mol. The Balaban J connectivity index is 1.93. The molecule has 14 heteroatoms. The number of nitrogens with zero attached hydrogens (tertiary/aromatic N) is 4. The van der Waals surface area contributed by atoms with Crippen molar-refractivity contribution in [3.8, 4) is 11.1 Å². The minimum absolute atomic E-state index is 0.0392. The van der Waals surface area contributed by atoms with Gasteiger partial charge in [0.2, 0.25) is 11.9 Å². The van der Waals surface area contributed by atoms with Gasteiger partial charge in [-0.25, -0.2) is 9.97 Å². The zero-order valence-corrected chi connectivity index (χ0v) is 21.2. The number of anilines is 2. The summed E-state index contributed by atoms with van der Waals surface area (Å²) >= 11 is 6.11. The average Bonchev–Trinajstić information content (AvgIpc) is 2.83. The minimum Gasteiger partial charge on any atom is -0.368 e. The number of sulfonamides is 1. The number of carbonyl (C=O) groups excluding carboxylic acids is 1. The van der Waals surface area contributed by atoms with E-state index < -0.39 is 28.7 Å². The van der Waals surface area contributed by atoms with Gasteiger partial charge in [-0.3, -0.25) is 4.79 Å². The van der Waals surface area contributed by atoms with Gasteiger partial charge in [0.15, 0.2) is 0 Å². The van der Waals surface area contributed by atoms with E-state index in [1.807, 2.05) is 5.32 Å². The average molecular weight is 555 g/mol. The van der Waals surface area contributed by atoms with E-state index in [9.17, 15) is 26.4 Å². The van der Waals surface area contributed by atoms with Gasteiger partial charge >= 0.3 is 6.18 Å². The van der Waals surface area contributed by atoms with Crippen LogP contribution in [0.5, 0.6) is 0 Å². The van der Waals surface area contributed by atoms with Gasteiger partial charge < -0.3 is 15.5 Å². The third kappa shape index (κ3) is 8.15. The molecule has 0 radical (unpaired) electrons. The maximum Gasteiger partial charge on any atom is 0.405 e. The molecule has 1 amide bonds. The fourth-order valence-electron chi connectivity index (χ4n) is 3.02. The normalized spacial score (nSPS) is 11.9. The molecule has 196 valence electrons. The molecule has 0 atom stereocenters. The summed E-state index contributed by atoms with van der Waals surface area (Å²) in [5.41, 5.74) is 1.13. The molecule has 3 aromatic rings. The van der Waals surface area contributed by atoms with Crippen LogP contribution in [0.2, 0.25) is 5.02 Å². The highest BCUT2D eigenvalue weighted by Gasteiger charge is 2.27. The Kier molecular flexibility index (Phi) is 8.71. The standard InChI is InChI=1S/C23H22ClF3N6O3S/c1-33(2)14-31-37(35,36)20-10-17(32-21(34)9-15-5-3-4-6-19(15)24)7-8-18(20)16-11-28-22(29-12-16)30-13-23(25,26)27/h3-8,10-12,14H,9,13H2,1-2H3,(H,32,34)(H,28,29,30). The lowest BCUT2D eigenvalue weighted by molar-refractivity contribution is -0.116. The predicted octanol–water partition coefficient (Wildman–Crippen LogP) is 4.23. The van der Waals surface area contributed by atoms with Gasteiger partial charge in [-0.15, -0.1) is 4.40 Å². The molecule has 9 nitrogen and oxygen atoms in total. The Morgan fingerprint density at radius 2 is 1.81 bits per heavy atom. The topological polar surface area (TPSA) is 117 Å². The number of carbonyl (C=O) groups is 1. The van der Waals surface area contributed by atoms with E-state index in [0.29, 0.717) is 10.6 Å². The Labute approximate surface area is 216 Å². The summed E-state index contributed by atoms with van der Waals surface area (Å²) in [6, 6.07) is 11.0. The van der Waals surface area contributed by atoms with Crippen molar-refractivity contribution in [2.45, 2.75) is 17.5 Å². The maximum absolute atomic E-state index is 13.1. The van der Waals surface area contributed by atoms with E-state index in [0.717, 1.165) is 6.34 Å². The van der Waals surface area contributed by atoms with Gasteiger partial charge in [-0.1, -0.05) is 35.9 Å². The lowest BCUT2D eigenvalue weighted by Gasteiger charge is -2.13. The van der Waals surface area contributed by atoms with Crippen LogP contribution >= 0.6 is 11.6 Å². The molecule has 0 saturated heterocycles. The van der Waals surface area contributed by atoms with E-state index in [1.54, 1.807) is 38.4 Å². The molecule has 0 spiro atoms. The van der Waals surface area contributed by atoms with E-state index in [4.69, 9.17) is 11.6 Å². The van der Waals surface area contributed by atoms with Gasteiger partial charge in [0.1, 0.15) is 12.9 Å². The fourth-order valence-corrected chi connectivity index (χ4v) is 4.39. The summed E-state index contributed by atoms with van der Waals surface area (Å²) in [6.45, 7) is -1.33. The van der Waals surface area contributed by atoms with E-state index in [-0.39, 0.29) is 34.1 Å². The first-order valence-electron chi connectivity index (χ1n) is 10.6. The van der Waals surface area contributed by atoms with Gasteiger partial charge in [-0.2, -0.15) is 21.6 Å². The van der Waals surface area contributed by atoms with Crippen LogP contribution in [0.25, 0.3) is 11.1 Å². The summed E-state index contributed by atoms with van der Waals surface area (Å²) in [6.07, 6.45) is -1.03. The van der Waals surface area contributed by atoms with Crippen LogP contribution in [0.3, 0.4) is 0 Å². The number of rotatable bonds is 9. The molecule has 2 N–H and O–H groups in total. The van der Waals surface area contributed by atoms with Crippen LogP contribution in [-0.2, 0) is 21.2 Å². The van der Waals surface area contributed by atoms with Gasteiger partial charge in [-0.05, 0) is 23.8 Å². The number of nitrogens with one attached hydrogen (secondary N) is 2. The molecular weight excluding hydrogens is 533 g/mol. The number of halogens is 4. The SMILES string of the molecule is CN(C)C=NS(=O)(=O)c1cc(NC(=O)Cc2ccccc2Cl)ccc1-c1cnc(NCC(F)(F)F)nc1. The van der Waals surface area contributed by atoms with Crippen molar-refractivity contribution in [1.82, 2.24) is 14.9 Å². The van der Waals surface area contributed by atoms with Crippen molar-refractivity contribution >= 4 is 45.5 Å². The largest absolute Gasteiger partial charge is 0.405 e. The molecule has 0 fully saturated rings. The van der Waals surface area contributed by atoms with Crippen LogP contribution in [0.1, 0.15) is 5.56 Å². The first kappa shape index (κ1) is 27.9. The Bertz CT molecular complexity index is 1400. The second-order valence-corrected chi connectivity index (χ2v) is 9.96. The summed E-state index contributed by atoms with van der Waals surface area (Å²) in [5, 5.41) is 5.10. The number of hydrogen-bond acceptors (Lipinski definition) is 6. The van der Waals surface area contributed by atoms with Crippen molar-refractivity contribution in [3.63, 3.8) is 0 Å². The lowest BCUT2D eigenvalue weighted by atomic mass is 10.1. The van der Waals surface area contributed by atoms with Crippen molar-refractivity contribution in [1.29, 1.82) is 0 Å². The highest BCUT2D eigenvalue weighted by Crippen LogP contribution is 2.31. The predicted molar refractivity (Wildman–Crippen MR) is 135 cm³/mol. The molecule has 1 aromatic heterocycles. The Morgan fingerprint density at radius 3 is 2.43 bits per heavy atom.